The summed E-state index contributed by atoms with van der Waals surface area (Å²) in [4.78, 5) is 37.8. The molecule has 6 nitrogen and oxygen atoms in total. The fourth-order valence-corrected chi connectivity index (χ4v) is 3.64. The van der Waals surface area contributed by atoms with Crippen LogP contribution in [0.3, 0.4) is 0 Å². The molecule has 0 unspecified atom stereocenters. The number of rotatable bonds is 10. The standard InChI is InChI=1S/C21H41N3O3/c1-14(2)22-17(25)10-21(13-20(7,8)9,11-18(26)23-15(3)4)12-19(27)24-16(5)6/h14-16H,10-13H2,1-9H3,(H,22,25)(H,23,26)(H,24,27). The molecule has 0 aliphatic heterocycles. The largest absolute Gasteiger partial charge is 0.354 e. The molecule has 0 aromatic rings. The molecule has 158 valence electrons. The molecule has 3 N–H and O–H groups in total. The van der Waals surface area contributed by atoms with Crippen molar-refractivity contribution in [2.75, 3.05) is 0 Å². The Morgan fingerprint density at radius 2 is 0.889 bits per heavy atom. The van der Waals surface area contributed by atoms with Crippen molar-refractivity contribution in [2.24, 2.45) is 10.8 Å². The van der Waals surface area contributed by atoms with Gasteiger partial charge in [-0.2, -0.15) is 0 Å². The van der Waals surface area contributed by atoms with Crippen molar-refractivity contribution < 1.29 is 14.4 Å². The van der Waals surface area contributed by atoms with Crippen LogP contribution in [0.2, 0.25) is 0 Å². The Labute approximate surface area is 165 Å². The number of carbonyl (C=O) groups excluding carboxylic acids is 3. The maximum atomic E-state index is 12.6. The van der Waals surface area contributed by atoms with Gasteiger partial charge in [0.1, 0.15) is 0 Å². The van der Waals surface area contributed by atoms with E-state index in [4.69, 9.17) is 0 Å². The van der Waals surface area contributed by atoms with E-state index in [2.05, 4.69) is 36.7 Å². The van der Waals surface area contributed by atoms with Crippen molar-refractivity contribution in [2.45, 2.75) is 106 Å². The molecule has 6 heteroatoms. The lowest BCUT2D eigenvalue weighted by Crippen LogP contribution is -2.44. The van der Waals surface area contributed by atoms with Gasteiger partial charge in [0, 0.05) is 37.4 Å². The third kappa shape index (κ3) is 12.4. The average Bonchev–Trinajstić information content (AvgIpc) is 2.30. The molecule has 0 atom stereocenters. The van der Waals surface area contributed by atoms with Crippen molar-refractivity contribution in [1.82, 2.24) is 16.0 Å². The van der Waals surface area contributed by atoms with Gasteiger partial charge in [0.25, 0.3) is 0 Å². The molecule has 0 heterocycles. The summed E-state index contributed by atoms with van der Waals surface area (Å²) >= 11 is 0. The van der Waals surface area contributed by atoms with Gasteiger partial charge in [0.15, 0.2) is 0 Å². The molecule has 0 spiro atoms. The zero-order chi connectivity index (χ0) is 21.4. The summed E-state index contributed by atoms with van der Waals surface area (Å²) in [5, 5.41) is 8.73. The summed E-state index contributed by atoms with van der Waals surface area (Å²) in [6.07, 6.45) is 1.06. The van der Waals surface area contributed by atoms with Crippen LogP contribution in [0.15, 0.2) is 0 Å². The second-order valence-electron chi connectivity index (χ2n) is 9.93. The van der Waals surface area contributed by atoms with Crippen LogP contribution in [0.1, 0.15) is 88.0 Å². The molecule has 0 aliphatic rings. The van der Waals surface area contributed by atoms with E-state index in [1.807, 2.05) is 41.5 Å². The van der Waals surface area contributed by atoms with Crippen molar-refractivity contribution in [3.63, 3.8) is 0 Å². The Kier molecular flexibility index (Phi) is 10.0. The van der Waals surface area contributed by atoms with E-state index in [0.29, 0.717) is 6.42 Å². The van der Waals surface area contributed by atoms with Crippen LogP contribution in [0, 0.1) is 10.8 Å². The first-order valence-corrected chi connectivity index (χ1v) is 10.0. The fourth-order valence-electron chi connectivity index (χ4n) is 3.64. The Morgan fingerprint density at radius 3 is 1.07 bits per heavy atom. The summed E-state index contributed by atoms with van der Waals surface area (Å²) in [7, 11) is 0. The lowest BCUT2D eigenvalue weighted by atomic mass is 9.67. The number of hydrogen-bond acceptors (Lipinski definition) is 3. The molecule has 0 fully saturated rings. The van der Waals surface area contributed by atoms with E-state index >= 15 is 0 Å². The van der Waals surface area contributed by atoms with Crippen LogP contribution < -0.4 is 16.0 Å². The van der Waals surface area contributed by atoms with Gasteiger partial charge in [0.05, 0.1) is 0 Å². The number of amides is 3. The van der Waals surface area contributed by atoms with E-state index in [1.165, 1.54) is 0 Å². The Morgan fingerprint density at radius 1 is 0.630 bits per heavy atom. The maximum absolute atomic E-state index is 12.6. The molecule has 27 heavy (non-hydrogen) atoms. The molecule has 0 rings (SSSR count). The Hall–Kier alpha value is -1.59. The molecule has 0 aromatic heterocycles. The van der Waals surface area contributed by atoms with Crippen LogP contribution in [0.25, 0.3) is 0 Å². The summed E-state index contributed by atoms with van der Waals surface area (Å²) in [6.45, 7) is 17.6. The lowest BCUT2D eigenvalue weighted by molar-refractivity contribution is -0.131. The van der Waals surface area contributed by atoms with Gasteiger partial charge in [-0.05, 0) is 58.8 Å². The second kappa shape index (κ2) is 10.7. The van der Waals surface area contributed by atoms with Crippen molar-refractivity contribution in [3.8, 4) is 0 Å². The van der Waals surface area contributed by atoms with E-state index in [9.17, 15) is 14.4 Å². The number of hydrogen-bond donors (Lipinski definition) is 3. The Balaban J connectivity index is 5.75. The minimum absolute atomic E-state index is 0.0128. The third-order valence-electron chi connectivity index (χ3n) is 3.86. The lowest BCUT2D eigenvalue weighted by Gasteiger charge is -2.38. The topological polar surface area (TPSA) is 87.3 Å². The van der Waals surface area contributed by atoms with Gasteiger partial charge < -0.3 is 16.0 Å². The van der Waals surface area contributed by atoms with E-state index in [0.717, 1.165) is 0 Å². The SMILES string of the molecule is CC(C)NC(=O)CC(CC(=O)NC(C)C)(CC(=O)NC(C)C)CC(C)(C)C. The van der Waals surface area contributed by atoms with Gasteiger partial charge in [-0.3, -0.25) is 14.4 Å². The van der Waals surface area contributed by atoms with Crippen molar-refractivity contribution in [3.05, 3.63) is 0 Å². The maximum Gasteiger partial charge on any atom is 0.220 e. The van der Waals surface area contributed by atoms with Crippen LogP contribution >= 0.6 is 0 Å². The van der Waals surface area contributed by atoms with Gasteiger partial charge >= 0.3 is 0 Å². The van der Waals surface area contributed by atoms with E-state index < -0.39 is 5.41 Å². The molecule has 0 radical (unpaired) electrons. The van der Waals surface area contributed by atoms with Crippen molar-refractivity contribution in [1.29, 1.82) is 0 Å². The highest BCUT2D eigenvalue weighted by atomic mass is 16.2. The smallest absolute Gasteiger partial charge is 0.220 e. The predicted octanol–water partition coefficient (Wildman–Crippen LogP) is 3.15. The molecule has 0 saturated heterocycles. The molecular formula is C21H41N3O3. The molecule has 3 amide bonds. The number of nitrogens with one attached hydrogen (secondary N) is 3. The summed E-state index contributed by atoms with van der Waals surface area (Å²) in [5.41, 5.74) is -0.858. The van der Waals surface area contributed by atoms with Crippen molar-refractivity contribution >= 4 is 17.7 Å². The quantitative estimate of drug-likeness (QED) is 0.541. The molecule has 0 aliphatic carbocycles. The monoisotopic (exact) mass is 383 g/mol. The van der Waals surface area contributed by atoms with Gasteiger partial charge in [-0.1, -0.05) is 20.8 Å². The zero-order valence-corrected chi connectivity index (χ0v) is 18.8. The molecule has 0 bridgehead atoms. The predicted molar refractivity (Wildman–Crippen MR) is 110 cm³/mol. The average molecular weight is 384 g/mol. The van der Waals surface area contributed by atoms with Crippen LogP contribution in [-0.4, -0.2) is 35.8 Å². The molecular weight excluding hydrogens is 342 g/mol. The summed E-state index contributed by atoms with van der Waals surface area (Å²) in [6, 6.07) is 0.0384. The summed E-state index contributed by atoms with van der Waals surface area (Å²) < 4.78 is 0. The van der Waals surface area contributed by atoms with E-state index in [-0.39, 0.29) is 60.5 Å². The zero-order valence-electron chi connectivity index (χ0n) is 18.8. The van der Waals surface area contributed by atoms with Crippen LogP contribution in [0.5, 0.6) is 0 Å². The molecule has 0 saturated carbocycles. The normalized spacial score (nSPS) is 12.4. The van der Waals surface area contributed by atoms with Gasteiger partial charge in [-0.15, -0.1) is 0 Å². The van der Waals surface area contributed by atoms with Crippen LogP contribution in [-0.2, 0) is 14.4 Å². The first-order chi connectivity index (χ1) is 12.1. The highest BCUT2D eigenvalue weighted by molar-refractivity contribution is 5.84. The van der Waals surface area contributed by atoms with Crippen LogP contribution in [0.4, 0.5) is 0 Å². The van der Waals surface area contributed by atoms with Gasteiger partial charge in [0.2, 0.25) is 17.7 Å². The summed E-state index contributed by atoms with van der Waals surface area (Å²) in [5.74, 6) is -0.364. The fraction of sp³-hybridized carbons (Fsp3) is 0.857. The number of carbonyl (C=O) groups is 3. The minimum atomic E-state index is -0.727. The van der Waals surface area contributed by atoms with Gasteiger partial charge in [-0.25, -0.2) is 0 Å². The van der Waals surface area contributed by atoms with E-state index in [1.54, 1.807) is 0 Å². The highest BCUT2D eigenvalue weighted by Gasteiger charge is 2.40. The first kappa shape index (κ1) is 25.4. The highest BCUT2D eigenvalue weighted by Crippen LogP contribution is 2.42. The third-order valence-corrected chi connectivity index (χ3v) is 3.86. The minimum Gasteiger partial charge on any atom is -0.354 e. The Bertz CT molecular complexity index is 445. The molecule has 0 aromatic carbocycles. The first-order valence-electron chi connectivity index (χ1n) is 10.0. The second-order valence-corrected chi connectivity index (χ2v) is 9.93.